The van der Waals surface area contributed by atoms with Crippen molar-refractivity contribution in [3.8, 4) is 5.75 Å². The van der Waals surface area contributed by atoms with Crippen molar-refractivity contribution in [3.05, 3.63) is 28.8 Å². The van der Waals surface area contributed by atoms with Crippen molar-refractivity contribution in [2.75, 3.05) is 19.8 Å². The minimum atomic E-state index is -0.149. The van der Waals surface area contributed by atoms with E-state index >= 15 is 0 Å². The van der Waals surface area contributed by atoms with Crippen molar-refractivity contribution >= 4 is 11.6 Å². The Bertz CT molecular complexity index is 500. The maximum absolute atomic E-state index is 6.22. The van der Waals surface area contributed by atoms with Crippen LogP contribution in [-0.4, -0.2) is 31.5 Å². The van der Waals surface area contributed by atoms with Crippen LogP contribution in [0, 0.1) is 0 Å². The molecule has 4 nitrogen and oxygen atoms in total. The summed E-state index contributed by atoms with van der Waals surface area (Å²) < 4.78 is 17.7. The van der Waals surface area contributed by atoms with Gasteiger partial charge in [-0.25, -0.2) is 0 Å². The molecule has 2 fully saturated rings. The highest BCUT2D eigenvalue weighted by Crippen LogP contribution is 2.36. The Kier molecular flexibility index (Phi) is 4.41. The fourth-order valence-corrected chi connectivity index (χ4v) is 3.29. The van der Waals surface area contributed by atoms with Crippen molar-refractivity contribution in [1.82, 2.24) is 0 Å². The molecular formula is C16H22ClNO3. The second-order valence-electron chi connectivity index (χ2n) is 6.04. The number of ether oxygens (including phenoxy) is 3. The van der Waals surface area contributed by atoms with Crippen molar-refractivity contribution in [2.45, 2.75) is 43.9 Å². The molecule has 0 amide bonds. The maximum Gasteiger partial charge on any atom is 0.124 e. The van der Waals surface area contributed by atoms with Crippen molar-refractivity contribution in [3.63, 3.8) is 0 Å². The van der Waals surface area contributed by atoms with Gasteiger partial charge >= 0.3 is 0 Å². The van der Waals surface area contributed by atoms with E-state index < -0.39 is 0 Å². The van der Waals surface area contributed by atoms with Gasteiger partial charge in [-0.05, 0) is 25.1 Å². The summed E-state index contributed by atoms with van der Waals surface area (Å²) >= 11 is 6.05. The summed E-state index contributed by atoms with van der Waals surface area (Å²) in [6, 6.07) is 5.53. The van der Waals surface area contributed by atoms with Crippen LogP contribution in [0.1, 0.15) is 37.8 Å². The first-order chi connectivity index (χ1) is 10.1. The summed E-state index contributed by atoms with van der Waals surface area (Å²) in [5.41, 5.74) is 6.82. The lowest BCUT2D eigenvalue weighted by Gasteiger charge is -2.37. The van der Waals surface area contributed by atoms with E-state index in [1.54, 1.807) is 0 Å². The summed E-state index contributed by atoms with van der Waals surface area (Å²) in [5, 5.41) is 0.683. The second kappa shape index (κ2) is 6.13. The summed E-state index contributed by atoms with van der Waals surface area (Å²) in [7, 11) is 0. The highest BCUT2D eigenvalue weighted by Gasteiger charge is 2.41. The van der Waals surface area contributed by atoms with Gasteiger partial charge in [0.15, 0.2) is 0 Å². The lowest BCUT2D eigenvalue weighted by atomic mass is 9.91. The molecule has 5 heteroatoms. The third kappa shape index (κ3) is 3.34. The summed E-state index contributed by atoms with van der Waals surface area (Å²) in [4.78, 5) is 0. The van der Waals surface area contributed by atoms with Crippen molar-refractivity contribution in [1.29, 1.82) is 0 Å². The first kappa shape index (κ1) is 15.1. The van der Waals surface area contributed by atoms with Crippen LogP contribution in [0.3, 0.4) is 0 Å². The summed E-state index contributed by atoms with van der Waals surface area (Å²) in [6.07, 6.45) is 2.85. The zero-order chi connectivity index (χ0) is 14.9. The number of rotatable bonds is 3. The normalized spacial score (nSPS) is 30.5. The van der Waals surface area contributed by atoms with Crippen LogP contribution in [-0.2, 0) is 9.47 Å². The molecule has 21 heavy (non-hydrogen) atoms. The van der Waals surface area contributed by atoms with Gasteiger partial charge < -0.3 is 19.9 Å². The number of hydrogen-bond acceptors (Lipinski definition) is 4. The van der Waals surface area contributed by atoms with E-state index in [1.807, 2.05) is 25.1 Å². The van der Waals surface area contributed by atoms with E-state index in [1.165, 1.54) is 0 Å². The van der Waals surface area contributed by atoms with Gasteiger partial charge in [0.25, 0.3) is 0 Å². The van der Waals surface area contributed by atoms with Crippen LogP contribution in [0.15, 0.2) is 18.2 Å². The molecule has 2 heterocycles. The molecule has 0 radical (unpaired) electrons. The maximum atomic E-state index is 6.22. The van der Waals surface area contributed by atoms with Crippen LogP contribution >= 0.6 is 11.6 Å². The van der Waals surface area contributed by atoms with E-state index in [4.69, 9.17) is 31.5 Å². The minimum Gasteiger partial charge on any atom is -0.490 e. The molecule has 3 unspecified atom stereocenters. The SMILES string of the molecule is CC(N)c1cc(Cl)ccc1OC1CCOC2(CCOC2)C1. The molecular weight excluding hydrogens is 290 g/mol. The van der Waals surface area contributed by atoms with Crippen molar-refractivity contribution < 1.29 is 14.2 Å². The average Bonchev–Trinajstić information content (AvgIpc) is 2.88. The van der Waals surface area contributed by atoms with Crippen LogP contribution in [0.5, 0.6) is 5.75 Å². The Hall–Kier alpha value is -0.810. The number of hydrogen-bond donors (Lipinski definition) is 1. The van der Waals surface area contributed by atoms with Gasteiger partial charge in [0.05, 0.1) is 18.8 Å². The highest BCUT2D eigenvalue weighted by atomic mass is 35.5. The molecule has 1 aromatic carbocycles. The Morgan fingerprint density at radius 3 is 3.00 bits per heavy atom. The second-order valence-corrected chi connectivity index (χ2v) is 6.47. The largest absolute Gasteiger partial charge is 0.490 e. The predicted molar refractivity (Wildman–Crippen MR) is 81.8 cm³/mol. The monoisotopic (exact) mass is 311 g/mol. The topological polar surface area (TPSA) is 53.7 Å². The Balaban J connectivity index is 1.74. The van der Waals surface area contributed by atoms with Crippen LogP contribution in [0.2, 0.25) is 5.02 Å². The number of nitrogens with two attached hydrogens (primary N) is 1. The standard InChI is InChI=1S/C16H22ClNO3/c1-11(18)14-8-12(17)2-3-15(14)21-13-4-6-20-16(9-13)5-7-19-10-16/h2-3,8,11,13H,4-7,9-10,18H2,1H3. The average molecular weight is 312 g/mol. The summed E-state index contributed by atoms with van der Waals surface area (Å²) in [6.45, 7) is 4.11. The van der Waals surface area contributed by atoms with Gasteiger partial charge in [0.2, 0.25) is 0 Å². The molecule has 2 N–H and O–H groups in total. The summed E-state index contributed by atoms with van der Waals surface area (Å²) in [5.74, 6) is 0.829. The predicted octanol–water partition coefficient (Wildman–Crippen LogP) is 3.08. The fourth-order valence-electron chi connectivity index (χ4n) is 3.11. The molecule has 0 aliphatic carbocycles. The lowest BCUT2D eigenvalue weighted by molar-refractivity contribution is -0.112. The van der Waals surface area contributed by atoms with E-state index in [9.17, 15) is 0 Å². The van der Waals surface area contributed by atoms with E-state index in [2.05, 4.69) is 0 Å². The fraction of sp³-hybridized carbons (Fsp3) is 0.625. The van der Waals surface area contributed by atoms with Gasteiger partial charge in [0.1, 0.15) is 11.9 Å². The van der Waals surface area contributed by atoms with Gasteiger partial charge in [0, 0.05) is 42.5 Å². The molecule has 2 saturated heterocycles. The third-order valence-corrected chi connectivity index (χ3v) is 4.51. The van der Waals surface area contributed by atoms with Gasteiger partial charge in [-0.3, -0.25) is 0 Å². The van der Waals surface area contributed by atoms with Crippen LogP contribution in [0.4, 0.5) is 0 Å². The van der Waals surface area contributed by atoms with Crippen LogP contribution < -0.4 is 10.5 Å². The lowest BCUT2D eigenvalue weighted by Crippen LogP contribution is -2.44. The zero-order valence-electron chi connectivity index (χ0n) is 12.3. The molecule has 116 valence electrons. The zero-order valence-corrected chi connectivity index (χ0v) is 13.1. The molecule has 1 aromatic rings. The molecule has 0 aromatic heterocycles. The first-order valence-corrected chi connectivity index (χ1v) is 7.89. The van der Waals surface area contributed by atoms with E-state index in [0.29, 0.717) is 11.6 Å². The minimum absolute atomic E-state index is 0.109. The quantitative estimate of drug-likeness (QED) is 0.932. The highest BCUT2D eigenvalue weighted by molar-refractivity contribution is 6.30. The molecule has 3 atom stereocenters. The number of halogens is 1. The van der Waals surface area contributed by atoms with Gasteiger partial charge in [-0.15, -0.1) is 0 Å². The van der Waals surface area contributed by atoms with E-state index in [-0.39, 0.29) is 17.7 Å². The first-order valence-electron chi connectivity index (χ1n) is 7.51. The molecule has 2 aliphatic heterocycles. The Morgan fingerprint density at radius 1 is 1.43 bits per heavy atom. The van der Waals surface area contributed by atoms with Gasteiger partial charge in [-0.1, -0.05) is 11.6 Å². The molecule has 1 spiro atoms. The molecule has 2 aliphatic rings. The third-order valence-electron chi connectivity index (χ3n) is 4.27. The Morgan fingerprint density at radius 2 is 2.29 bits per heavy atom. The van der Waals surface area contributed by atoms with Gasteiger partial charge in [-0.2, -0.15) is 0 Å². The molecule has 0 saturated carbocycles. The smallest absolute Gasteiger partial charge is 0.124 e. The number of benzene rings is 1. The molecule has 0 bridgehead atoms. The van der Waals surface area contributed by atoms with Crippen molar-refractivity contribution in [2.24, 2.45) is 5.73 Å². The van der Waals surface area contributed by atoms with E-state index in [0.717, 1.165) is 43.8 Å². The van der Waals surface area contributed by atoms with Crippen LogP contribution in [0.25, 0.3) is 0 Å². The molecule has 3 rings (SSSR count). The Labute approximate surface area is 130 Å².